The summed E-state index contributed by atoms with van der Waals surface area (Å²) in [6, 6.07) is 4.65. The second kappa shape index (κ2) is 6.57. The van der Waals surface area contributed by atoms with Gasteiger partial charge < -0.3 is 15.1 Å². The molecule has 1 unspecified atom stereocenters. The average molecular weight is 356 g/mol. The van der Waals surface area contributed by atoms with Gasteiger partial charge in [-0.05, 0) is 36.5 Å². The minimum Gasteiger partial charge on any atom is -0.350 e. The Labute approximate surface area is 145 Å². The molecule has 2 fully saturated rings. The number of carbonyl (C=O) groups excluding carboxylic acids is 2. The number of halogens is 2. The van der Waals surface area contributed by atoms with Gasteiger partial charge in [-0.2, -0.15) is 0 Å². The third-order valence-corrected chi connectivity index (χ3v) is 4.97. The molecule has 23 heavy (non-hydrogen) atoms. The van der Waals surface area contributed by atoms with Gasteiger partial charge in [-0.1, -0.05) is 29.3 Å². The predicted molar refractivity (Wildman–Crippen MR) is 89.6 cm³/mol. The van der Waals surface area contributed by atoms with Crippen molar-refractivity contribution in [3.63, 3.8) is 0 Å². The molecule has 1 aromatic carbocycles. The second-order valence-electron chi connectivity index (χ2n) is 6.21. The highest BCUT2D eigenvalue weighted by Gasteiger charge is 2.40. The van der Waals surface area contributed by atoms with Crippen LogP contribution in [-0.4, -0.2) is 47.9 Å². The Kier molecular flexibility index (Phi) is 4.69. The number of nitrogens with zero attached hydrogens (tertiary/aromatic N) is 2. The zero-order valence-corrected chi connectivity index (χ0v) is 14.4. The maximum atomic E-state index is 12.4. The van der Waals surface area contributed by atoms with Gasteiger partial charge in [0, 0.05) is 30.2 Å². The van der Waals surface area contributed by atoms with Gasteiger partial charge in [-0.15, -0.1) is 0 Å². The zero-order chi connectivity index (χ0) is 16.6. The van der Waals surface area contributed by atoms with E-state index in [1.54, 1.807) is 30.1 Å². The number of benzene rings is 1. The minimum absolute atomic E-state index is 0.0680. The fourth-order valence-corrected chi connectivity index (χ4v) is 3.23. The largest absolute Gasteiger partial charge is 0.350 e. The van der Waals surface area contributed by atoms with E-state index < -0.39 is 6.04 Å². The molecule has 0 radical (unpaired) electrons. The van der Waals surface area contributed by atoms with Crippen LogP contribution >= 0.6 is 23.2 Å². The lowest BCUT2D eigenvalue weighted by Crippen LogP contribution is -2.43. The molecule has 5 nitrogen and oxygen atoms in total. The lowest BCUT2D eigenvalue weighted by Gasteiger charge is -2.17. The van der Waals surface area contributed by atoms with E-state index in [0.717, 1.165) is 12.1 Å². The summed E-state index contributed by atoms with van der Waals surface area (Å²) in [7, 11) is 1.68. The molecule has 1 aliphatic heterocycles. The van der Waals surface area contributed by atoms with Gasteiger partial charge in [0.25, 0.3) is 0 Å². The fourth-order valence-electron chi connectivity index (χ4n) is 2.75. The van der Waals surface area contributed by atoms with Crippen molar-refractivity contribution in [3.8, 4) is 0 Å². The molecule has 1 atom stereocenters. The van der Waals surface area contributed by atoms with E-state index in [-0.39, 0.29) is 11.9 Å². The van der Waals surface area contributed by atoms with Crippen molar-refractivity contribution in [2.75, 3.05) is 20.1 Å². The average Bonchev–Trinajstić information content (AvgIpc) is 3.28. The van der Waals surface area contributed by atoms with Crippen LogP contribution in [0.15, 0.2) is 18.2 Å². The first-order chi connectivity index (χ1) is 11.0. The standard InChI is InChI=1S/C16H19Cl2N3O2/c1-20-14(9-21(16(20)23)8-10-2-3-10)15(22)19-7-11-4-5-12(17)6-13(11)18/h4-6,10,14H,2-3,7-9H2,1H3,(H,19,22). The number of rotatable bonds is 5. The number of carbonyl (C=O) groups is 2. The van der Waals surface area contributed by atoms with E-state index in [9.17, 15) is 9.59 Å². The highest BCUT2D eigenvalue weighted by atomic mass is 35.5. The van der Waals surface area contributed by atoms with E-state index in [1.807, 2.05) is 0 Å². The first-order valence-corrected chi connectivity index (χ1v) is 8.44. The first-order valence-electron chi connectivity index (χ1n) is 7.69. The van der Waals surface area contributed by atoms with E-state index in [1.165, 1.54) is 17.7 Å². The van der Waals surface area contributed by atoms with Crippen molar-refractivity contribution in [1.29, 1.82) is 0 Å². The molecule has 0 spiro atoms. The summed E-state index contributed by atoms with van der Waals surface area (Å²) in [5, 5.41) is 3.93. The number of hydrogen-bond acceptors (Lipinski definition) is 2. The second-order valence-corrected chi connectivity index (χ2v) is 7.05. The lowest BCUT2D eigenvalue weighted by molar-refractivity contribution is -0.124. The van der Waals surface area contributed by atoms with Gasteiger partial charge in [0.2, 0.25) is 5.91 Å². The van der Waals surface area contributed by atoms with Crippen LogP contribution in [0.5, 0.6) is 0 Å². The molecule has 1 aliphatic carbocycles. The fraction of sp³-hybridized carbons (Fsp3) is 0.500. The molecule has 1 saturated heterocycles. The van der Waals surface area contributed by atoms with Crippen molar-refractivity contribution in [1.82, 2.24) is 15.1 Å². The number of nitrogens with one attached hydrogen (secondary N) is 1. The monoisotopic (exact) mass is 355 g/mol. The number of urea groups is 1. The highest BCUT2D eigenvalue weighted by Crippen LogP contribution is 2.31. The SMILES string of the molecule is CN1C(=O)N(CC2CC2)CC1C(=O)NCc1ccc(Cl)cc1Cl. The highest BCUT2D eigenvalue weighted by molar-refractivity contribution is 6.35. The Morgan fingerprint density at radius 1 is 1.35 bits per heavy atom. The number of amides is 3. The van der Waals surface area contributed by atoms with E-state index in [2.05, 4.69) is 5.32 Å². The van der Waals surface area contributed by atoms with Crippen molar-refractivity contribution in [2.45, 2.75) is 25.4 Å². The molecule has 1 N–H and O–H groups in total. The van der Waals surface area contributed by atoms with Gasteiger partial charge in [0.15, 0.2) is 0 Å². The molecule has 2 aliphatic rings. The Balaban J connectivity index is 1.58. The summed E-state index contributed by atoms with van der Waals surface area (Å²) < 4.78 is 0. The minimum atomic E-state index is -0.452. The summed E-state index contributed by atoms with van der Waals surface area (Å²) in [6.45, 7) is 1.53. The third kappa shape index (κ3) is 3.72. The molecular weight excluding hydrogens is 337 g/mol. The molecule has 3 amide bonds. The Morgan fingerprint density at radius 3 is 2.74 bits per heavy atom. The summed E-state index contributed by atoms with van der Waals surface area (Å²) in [4.78, 5) is 27.9. The van der Waals surface area contributed by atoms with Crippen LogP contribution in [0.4, 0.5) is 4.79 Å². The lowest BCUT2D eigenvalue weighted by atomic mass is 10.2. The normalized spacial score (nSPS) is 21.0. The van der Waals surface area contributed by atoms with Gasteiger partial charge in [0.05, 0.1) is 6.54 Å². The summed E-state index contributed by atoms with van der Waals surface area (Å²) >= 11 is 12.0. The molecule has 1 aromatic rings. The summed E-state index contributed by atoms with van der Waals surface area (Å²) in [5.41, 5.74) is 0.797. The van der Waals surface area contributed by atoms with E-state index in [4.69, 9.17) is 23.2 Å². The van der Waals surface area contributed by atoms with E-state index >= 15 is 0 Å². The van der Waals surface area contributed by atoms with Crippen molar-refractivity contribution >= 4 is 35.1 Å². The Morgan fingerprint density at radius 2 is 2.09 bits per heavy atom. The summed E-state index contributed by atoms with van der Waals surface area (Å²) in [6.07, 6.45) is 2.36. The Bertz CT molecular complexity index is 634. The van der Waals surface area contributed by atoms with Gasteiger partial charge in [-0.25, -0.2) is 4.79 Å². The smallest absolute Gasteiger partial charge is 0.320 e. The molecule has 1 heterocycles. The van der Waals surface area contributed by atoms with Gasteiger partial charge in [-0.3, -0.25) is 4.79 Å². The maximum absolute atomic E-state index is 12.4. The van der Waals surface area contributed by atoms with Gasteiger partial charge >= 0.3 is 6.03 Å². The molecule has 0 bridgehead atoms. The topological polar surface area (TPSA) is 52.7 Å². The van der Waals surface area contributed by atoms with Crippen LogP contribution in [0.3, 0.4) is 0 Å². The molecule has 7 heteroatoms. The number of hydrogen-bond donors (Lipinski definition) is 1. The third-order valence-electron chi connectivity index (χ3n) is 4.38. The zero-order valence-electron chi connectivity index (χ0n) is 12.9. The predicted octanol–water partition coefficient (Wildman–Crippen LogP) is 2.76. The molecule has 124 valence electrons. The molecule has 0 aromatic heterocycles. The van der Waals surface area contributed by atoms with Crippen LogP contribution in [0.2, 0.25) is 10.0 Å². The van der Waals surface area contributed by atoms with Crippen LogP contribution < -0.4 is 5.32 Å². The van der Waals surface area contributed by atoms with Crippen molar-refractivity contribution in [2.24, 2.45) is 5.92 Å². The summed E-state index contributed by atoms with van der Waals surface area (Å²) in [5.74, 6) is 0.451. The van der Waals surface area contributed by atoms with Crippen molar-refractivity contribution < 1.29 is 9.59 Å². The van der Waals surface area contributed by atoms with Crippen LogP contribution in [0.1, 0.15) is 18.4 Å². The Hall–Kier alpha value is -1.46. The van der Waals surface area contributed by atoms with Crippen LogP contribution in [0, 0.1) is 5.92 Å². The van der Waals surface area contributed by atoms with E-state index in [0.29, 0.717) is 29.1 Å². The van der Waals surface area contributed by atoms with Crippen LogP contribution in [-0.2, 0) is 11.3 Å². The van der Waals surface area contributed by atoms with Gasteiger partial charge in [0.1, 0.15) is 6.04 Å². The molecule has 1 saturated carbocycles. The van der Waals surface area contributed by atoms with Crippen molar-refractivity contribution in [3.05, 3.63) is 33.8 Å². The molecular formula is C16H19Cl2N3O2. The quantitative estimate of drug-likeness (QED) is 0.882. The number of likely N-dealkylation sites (N-methyl/N-ethyl adjacent to an activating group) is 1. The first kappa shape index (κ1) is 16.4. The maximum Gasteiger partial charge on any atom is 0.320 e. The molecule has 3 rings (SSSR count). The van der Waals surface area contributed by atoms with Crippen LogP contribution in [0.25, 0.3) is 0 Å².